The van der Waals surface area contributed by atoms with Gasteiger partial charge in [-0.25, -0.2) is 0 Å². The third-order valence-corrected chi connectivity index (χ3v) is 4.64. The first-order valence-corrected chi connectivity index (χ1v) is 6.88. The number of ether oxygens (including phenoxy) is 1. The lowest BCUT2D eigenvalue weighted by Crippen LogP contribution is -2.22. The Labute approximate surface area is 115 Å². The van der Waals surface area contributed by atoms with Crippen molar-refractivity contribution in [1.29, 1.82) is 0 Å². The Balaban J connectivity index is 2.35. The molecule has 0 spiro atoms. The van der Waals surface area contributed by atoms with Crippen molar-refractivity contribution in [3.63, 3.8) is 0 Å². The quantitative estimate of drug-likeness (QED) is 0.882. The van der Waals surface area contributed by atoms with E-state index in [1.54, 1.807) is 7.11 Å². The van der Waals surface area contributed by atoms with Gasteiger partial charge in [-0.2, -0.15) is 0 Å². The minimum absolute atomic E-state index is 0.422. The van der Waals surface area contributed by atoms with E-state index in [0.29, 0.717) is 5.41 Å². The molecule has 0 atom stereocenters. The minimum atomic E-state index is 0.422. The van der Waals surface area contributed by atoms with E-state index in [9.17, 15) is 0 Å². The van der Waals surface area contributed by atoms with E-state index in [-0.39, 0.29) is 0 Å². The molecule has 0 heterocycles. The average molecular weight is 268 g/mol. The third kappa shape index (κ3) is 2.50. The number of methoxy groups -OCH3 is 1. The minimum Gasteiger partial charge on any atom is -0.496 e. The molecule has 1 aliphatic rings. The lowest BCUT2D eigenvalue weighted by Gasteiger charge is -2.20. The summed E-state index contributed by atoms with van der Waals surface area (Å²) in [5, 5.41) is 4.18. The third-order valence-electron chi connectivity index (χ3n) is 4.05. The van der Waals surface area contributed by atoms with Crippen LogP contribution in [0.4, 0.5) is 0 Å². The molecule has 18 heavy (non-hydrogen) atoms. The van der Waals surface area contributed by atoms with Crippen LogP contribution >= 0.6 is 11.6 Å². The molecule has 0 aliphatic heterocycles. The number of hydrogen-bond donors (Lipinski definition) is 1. The topological polar surface area (TPSA) is 21.3 Å². The molecule has 1 N–H and O–H groups in total. The van der Waals surface area contributed by atoms with E-state index in [4.69, 9.17) is 16.3 Å². The van der Waals surface area contributed by atoms with E-state index in [1.807, 2.05) is 14.0 Å². The normalized spacial score (nSPS) is 16.7. The second kappa shape index (κ2) is 5.10. The summed E-state index contributed by atoms with van der Waals surface area (Å²) in [6, 6.07) is 2.06. The number of halogens is 1. The molecule has 100 valence electrons. The molecule has 0 amide bonds. The summed E-state index contributed by atoms with van der Waals surface area (Å²) >= 11 is 6.37. The fourth-order valence-electron chi connectivity index (χ4n) is 2.70. The van der Waals surface area contributed by atoms with E-state index < -0.39 is 0 Å². The summed E-state index contributed by atoms with van der Waals surface area (Å²) in [6.45, 7) is 5.20. The molecular formula is C15H22ClNO. The summed E-state index contributed by atoms with van der Waals surface area (Å²) in [6.07, 6.45) is 3.65. The fourth-order valence-corrected chi connectivity index (χ4v) is 2.87. The number of rotatable bonds is 5. The maximum atomic E-state index is 6.37. The van der Waals surface area contributed by atoms with Gasteiger partial charge in [-0.15, -0.1) is 0 Å². The molecule has 1 fully saturated rings. The van der Waals surface area contributed by atoms with Crippen LogP contribution in [0.25, 0.3) is 0 Å². The summed E-state index contributed by atoms with van der Waals surface area (Å²) in [5.41, 5.74) is 3.97. The van der Waals surface area contributed by atoms with Crippen molar-refractivity contribution in [3.8, 4) is 5.75 Å². The van der Waals surface area contributed by atoms with Gasteiger partial charge in [0, 0.05) is 11.6 Å². The van der Waals surface area contributed by atoms with Gasteiger partial charge in [-0.05, 0) is 68.3 Å². The second-order valence-corrected chi connectivity index (χ2v) is 5.90. The smallest absolute Gasteiger partial charge is 0.122 e. The van der Waals surface area contributed by atoms with Crippen LogP contribution in [0.1, 0.15) is 29.5 Å². The van der Waals surface area contributed by atoms with Crippen molar-refractivity contribution in [2.75, 3.05) is 20.7 Å². The maximum absolute atomic E-state index is 6.37. The van der Waals surface area contributed by atoms with Gasteiger partial charge in [0.2, 0.25) is 0 Å². The van der Waals surface area contributed by atoms with Crippen LogP contribution in [-0.2, 0) is 6.42 Å². The number of aryl methyl sites for hydroxylation is 1. The Hall–Kier alpha value is -0.730. The lowest BCUT2D eigenvalue weighted by molar-refractivity contribution is 0.398. The van der Waals surface area contributed by atoms with Gasteiger partial charge < -0.3 is 10.1 Å². The Morgan fingerprint density at radius 1 is 1.39 bits per heavy atom. The number of benzene rings is 1. The molecule has 0 unspecified atom stereocenters. The molecule has 1 aromatic carbocycles. The molecule has 2 nitrogen and oxygen atoms in total. The van der Waals surface area contributed by atoms with Crippen LogP contribution in [0.2, 0.25) is 5.02 Å². The molecule has 0 aromatic heterocycles. The molecule has 2 rings (SSSR count). The first kappa shape index (κ1) is 13.7. The molecule has 1 aliphatic carbocycles. The Morgan fingerprint density at radius 2 is 2.06 bits per heavy atom. The predicted octanol–water partition coefficient (Wildman–Crippen LogP) is 3.51. The Bertz CT molecular complexity index is 452. The Morgan fingerprint density at radius 3 is 2.56 bits per heavy atom. The zero-order valence-electron chi connectivity index (χ0n) is 11.7. The van der Waals surface area contributed by atoms with Gasteiger partial charge in [0.25, 0.3) is 0 Å². The average Bonchev–Trinajstić information content (AvgIpc) is 3.10. The summed E-state index contributed by atoms with van der Waals surface area (Å²) in [5.74, 6) is 0.983. The summed E-state index contributed by atoms with van der Waals surface area (Å²) < 4.78 is 5.53. The second-order valence-electron chi connectivity index (χ2n) is 5.52. The van der Waals surface area contributed by atoms with Gasteiger partial charge in [0.15, 0.2) is 0 Å². The fraction of sp³-hybridized carbons (Fsp3) is 0.600. The van der Waals surface area contributed by atoms with Crippen molar-refractivity contribution < 1.29 is 4.74 Å². The lowest BCUT2D eigenvalue weighted by atomic mass is 9.91. The molecule has 0 radical (unpaired) electrons. The van der Waals surface area contributed by atoms with Crippen LogP contribution in [0.5, 0.6) is 5.75 Å². The standard InChI is InChI=1S/C15H22ClNO/c1-10-7-13(18-4)12(11(2)14(10)16)8-15(5-6-15)9-17-3/h7,17H,5-6,8-9H2,1-4H3. The van der Waals surface area contributed by atoms with Crippen LogP contribution in [0, 0.1) is 19.3 Å². The van der Waals surface area contributed by atoms with Crippen molar-refractivity contribution in [1.82, 2.24) is 5.32 Å². The van der Waals surface area contributed by atoms with Gasteiger partial charge in [-0.1, -0.05) is 11.6 Å². The highest BCUT2D eigenvalue weighted by molar-refractivity contribution is 6.32. The molecular weight excluding hydrogens is 246 g/mol. The SMILES string of the molecule is CNCC1(Cc2c(OC)cc(C)c(Cl)c2C)CC1. The molecule has 3 heteroatoms. The van der Waals surface area contributed by atoms with Crippen LogP contribution in [0.15, 0.2) is 6.07 Å². The van der Waals surface area contributed by atoms with Crippen LogP contribution in [0.3, 0.4) is 0 Å². The highest BCUT2D eigenvalue weighted by Gasteiger charge is 2.42. The van der Waals surface area contributed by atoms with Crippen molar-refractivity contribution in [2.45, 2.75) is 33.1 Å². The Kier molecular flexibility index (Phi) is 3.88. The zero-order chi connectivity index (χ0) is 13.3. The van der Waals surface area contributed by atoms with Crippen LogP contribution in [-0.4, -0.2) is 20.7 Å². The number of nitrogens with one attached hydrogen (secondary N) is 1. The van der Waals surface area contributed by atoms with E-state index in [0.717, 1.165) is 29.3 Å². The highest BCUT2D eigenvalue weighted by atomic mass is 35.5. The molecule has 1 saturated carbocycles. The molecule has 0 bridgehead atoms. The number of hydrogen-bond acceptors (Lipinski definition) is 2. The van der Waals surface area contributed by atoms with E-state index >= 15 is 0 Å². The van der Waals surface area contributed by atoms with Gasteiger partial charge in [0.1, 0.15) is 5.75 Å². The van der Waals surface area contributed by atoms with Crippen LogP contribution < -0.4 is 10.1 Å². The summed E-state index contributed by atoms with van der Waals surface area (Å²) in [4.78, 5) is 0. The van der Waals surface area contributed by atoms with Gasteiger partial charge >= 0.3 is 0 Å². The van der Waals surface area contributed by atoms with Crippen molar-refractivity contribution in [2.24, 2.45) is 5.41 Å². The van der Waals surface area contributed by atoms with Crippen molar-refractivity contribution >= 4 is 11.6 Å². The molecule has 0 saturated heterocycles. The highest BCUT2D eigenvalue weighted by Crippen LogP contribution is 2.50. The first-order valence-electron chi connectivity index (χ1n) is 6.50. The van der Waals surface area contributed by atoms with E-state index in [1.165, 1.54) is 24.0 Å². The molecule has 1 aromatic rings. The summed E-state index contributed by atoms with van der Waals surface area (Å²) in [7, 11) is 3.76. The maximum Gasteiger partial charge on any atom is 0.122 e. The largest absolute Gasteiger partial charge is 0.496 e. The van der Waals surface area contributed by atoms with E-state index in [2.05, 4.69) is 18.3 Å². The monoisotopic (exact) mass is 267 g/mol. The first-order chi connectivity index (χ1) is 8.53. The zero-order valence-corrected chi connectivity index (χ0v) is 12.4. The predicted molar refractivity (Wildman–Crippen MR) is 76.8 cm³/mol. The van der Waals surface area contributed by atoms with Gasteiger partial charge in [0.05, 0.1) is 7.11 Å². The van der Waals surface area contributed by atoms with Gasteiger partial charge in [-0.3, -0.25) is 0 Å². The van der Waals surface area contributed by atoms with Crippen molar-refractivity contribution in [3.05, 3.63) is 27.8 Å².